The van der Waals surface area contributed by atoms with Gasteiger partial charge in [-0.05, 0) is 35.8 Å². The van der Waals surface area contributed by atoms with E-state index < -0.39 is 0 Å². The molecule has 0 radical (unpaired) electrons. The lowest BCUT2D eigenvalue weighted by Crippen LogP contribution is -1.95. The molecule has 0 aliphatic rings. The molecule has 0 amide bonds. The van der Waals surface area contributed by atoms with Crippen LogP contribution >= 0.6 is 11.6 Å². The van der Waals surface area contributed by atoms with Crippen molar-refractivity contribution in [3.05, 3.63) is 82.4 Å². The maximum Gasteiger partial charge on any atom is 0.150 e. The molecule has 0 fully saturated rings. The van der Waals surface area contributed by atoms with Gasteiger partial charge in [0.25, 0.3) is 0 Å². The minimum absolute atomic E-state index is 0.0421. The zero-order chi connectivity index (χ0) is 15.2. The van der Waals surface area contributed by atoms with Crippen LogP contribution in [0, 0.1) is 0 Å². The number of halogens is 1. The lowest BCUT2D eigenvalue weighted by atomic mass is 9.93. The van der Waals surface area contributed by atoms with E-state index in [4.69, 9.17) is 11.6 Å². The van der Waals surface area contributed by atoms with Gasteiger partial charge in [0.2, 0.25) is 0 Å². The topological polar surface area (TPSA) is 37.3 Å². The SMILES string of the molecule is C/C=C\C=C(\c1ccccc1)c1cc(O)c(Cl)cc1C=O. The number of carbonyl (C=O) groups is 1. The molecule has 0 bridgehead atoms. The maximum atomic E-state index is 11.3. The second-order valence-electron chi connectivity index (χ2n) is 4.48. The van der Waals surface area contributed by atoms with E-state index in [0.717, 1.165) is 17.4 Å². The quantitative estimate of drug-likeness (QED) is 0.646. The number of aromatic hydroxyl groups is 1. The number of carbonyl (C=O) groups excluding carboxylic acids is 1. The van der Waals surface area contributed by atoms with Crippen LogP contribution in [-0.2, 0) is 0 Å². The Bertz CT molecular complexity index is 701. The summed E-state index contributed by atoms with van der Waals surface area (Å²) < 4.78 is 0. The third kappa shape index (κ3) is 3.41. The molecular formula is C18H15ClO2. The molecular weight excluding hydrogens is 284 g/mol. The smallest absolute Gasteiger partial charge is 0.150 e. The van der Waals surface area contributed by atoms with Gasteiger partial charge in [-0.1, -0.05) is 60.2 Å². The van der Waals surface area contributed by atoms with Gasteiger partial charge in [-0.25, -0.2) is 0 Å². The number of phenols is 1. The monoisotopic (exact) mass is 298 g/mol. The van der Waals surface area contributed by atoms with Gasteiger partial charge in [0.1, 0.15) is 5.75 Å². The molecule has 21 heavy (non-hydrogen) atoms. The zero-order valence-corrected chi connectivity index (χ0v) is 12.3. The van der Waals surface area contributed by atoms with Crippen molar-refractivity contribution in [1.82, 2.24) is 0 Å². The molecule has 0 atom stereocenters. The van der Waals surface area contributed by atoms with E-state index in [-0.39, 0.29) is 10.8 Å². The van der Waals surface area contributed by atoms with Crippen LogP contribution < -0.4 is 0 Å². The molecule has 1 N–H and O–H groups in total. The molecule has 2 aromatic rings. The minimum atomic E-state index is -0.0421. The first kappa shape index (κ1) is 15.1. The van der Waals surface area contributed by atoms with Gasteiger partial charge in [0, 0.05) is 5.56 Å². The zero-order valence-electron chi connectivity index (χ0n) is 11.6. The first-order valence-corrected chi connectivity index (χ1v) is 6.91. The Hall–Kier alpha value is -2.32. The van der Waals surface area contributed by atoms with Gasteiger partial charge in [0.05, 0.1) is 5.02 Å². The van der Waals surface area contributed by atoms with Crippen molar-refractivity contribution in [3.8, 4) is 5.75 Å². The fourth-order valence-corrected chi connectivity index (χ4v) is 2.23. The van der Waals surface area contributed by atoms with Crippen molar-refractivity contribution in [1.29, 1.82) is 0 Å². The molecule has 3 heteroatoms. The van der Waals surface area contributed by atoms with E-state index in [0.29, 0.717) is 11.1 Å². The number of hydrogen-bond donors (Lipinski definition) is 1. The highest BCUT2D eigenvalue weighted by Gasteiger charge is 2.12. The number of hydrogen-bond acceptors (Lipinski definition) is 2. The fraction of sp³-hybridized carbons (Fsp3) is 0.0556. The first-order chi connectivity index (χ1) is 10.2. The van der Waals surface area contributed by atoms with Crippen LogP contribution in [0.25, 0.3) is 5.57 Å². The van der Waals surface area contributed by atoms with E-state index >= 15 is 0 Å². The van der Waals surface area contributed by atoms with E-state index in [9.17, 15) is 9.90 Å². The van der Waals surface area contributed by atoms with Crippen molar-refractivity contribution in [2.24, 2.45) is 0 Å². The molecule has 2 nitrogen and oxygen atoms in total. The summed E-state index contributed by atoms with van der Waals surface area (Å²) >= 11 is 5.88. The Labute approximate surface area is 129 Å². The summed E-state index contributed by atoms with van der Waals surface area (Å²) in [4.78, 5) is 11.3. The van der Waals surface area contributed by atoms with Crippen LogP contribution in [0.1, 0.15) is 28.4 Å². The van der Waals surface area contributed by atoms with Gasteiger partial charge >= 0.3 is 0 Å². The van der Waals surface area contributed by atoms with Gasteiger partial charge < -0.3 is 5.11 Å². The van der Waals surface area contributed by atoms with Gasteiger partial charge in [-0.3, -0.25) is 4.79 Å². The molecule has 0 heterocycles. The summed E-state index contributed by atoms with van der Waals surface area (Å²) in [5.41, 5.74) is 2.90. The van der Waals surface area contributed by atoms with Gasteiger partial charge in [0.15, 0.2) is 6.29 Å². The van der Waals surface area contributed by atoms with Crippen LogP contribution in [0.15, 0.2) is 60.7 Å². The molecule has 0 aromatic heterocycles. The fourth-order valence-electron chi connectivity index (χ4n) is 2.06. The molecule has 106 valence electrons. The molecule has 2 aromatic carbocycles. The summed E-state index contributed by atoms with van der Waals surface area (Å²) in [6, 6.07) is 12.7. The summed E-state index contributed by atoms with van der Waals surface area (Å²) in [5.74, 6) is -0.0421. The van der Waals surface area contributed by atoms with Crippen LogP contribution in [0.5, 0.6) is 5.75 Å². The van der Waals surface area contributed by atoms with Crippen molar-refractivity contribution in [2.75, 3.05) is 0 Å². The lowest BCUT2D eigenvalue weighted by Gasteiger charge is -2.12. The maximum absolute atomic E-state index is 11.3. The highest BCUT2D eigenvalue weighted by Crippen LogP contribution is 2.33. The summed E-state index contributed by atoms with van der Waals surface area (Å²) in [6.45, 7) is 1.92. The first-order valence-electron chi connectivity index (χ1n) is 6.54. The molecule has 2 rings (SSSR count). The predicted molar refractivity (Wildman–Crippen MR) is 86.8 cm³/mol. The van der Waals surface area contributed by atoms with Gasteiger partial charge in [-0.2, -0.15) is 0 Å². The van der Waals surface area contributed by atoms with Crippen molar-refractivity contribution in [3.63, 3.8) is 0 Å². The Kier molecular flexibility index (Phi) is 4.96. The minimum Gasteiger partial charge on any atom is -0.506 e. The number of allylic oxidation sites excluding steroid dienone is 3. The lowest BCUT2D eigenvalue weighted by molar-refractivity contribution is 0.112. The van der Waals surface area contributed by atoms with Crippen LogP contribution in [0.4, 0.5) is 0 Å². The number of benzene rings is 2. The second kappa shape index (κ2) is 6.91. The summed E-state index contributed by atoms with van der Waals surface area (Å²) in [6.07, 6.45) is 6.44. The molecule has 0 saturated heterocycles. The number of rotatable bonds is 4. The average molecular weight is 299 g/mol. The third-order valence-corrected chi connectivity index (χ3v) is 3.38. The molecule has 0 saturated carbocycles. The largest absolute Gasteiger partial charge is 0.506 e. The standard InChI is InChI=1S/C18H15ClO2/c1-2-3-9-15(13-7-5-4-6-8-13)16-11-18(21)17(19)10-14(16)12-20/h2-12,21H,1H3/b3-2-,15-9-. The Morgan fingerprint density at radius 3 is 2.52 bits per heavy atom. The number of phenolic OH excluding ortho intramolecular Hbond substituents is 1. The van der Waals surface area contributed by atoms with Crippen molar-refractivity contribution >= 4 is 23.5 Å². The second-order valence-corrected chi connectivity index (χ2v) is 4.89. The molecule has 0 unspecified atom stereocenters. The van der Waals surface area contributed by atoms with Crippen molar-refractivity contribution in [2.45, 2.75) is 6.92 Å². The average Bonchev–Trinajstić information content (AvgIpc) is 2.51. The molecule has 0 aliphatic heterocycles. The Balaban J connectivity index is 2.68. The Morgan fingerprint density at radius 1 is 1.19 bits per heavy atom. The third-order valence-electron chi connectivity index (χ3n) is 3.08. The van der Waals surface area contributed by atoms with E-state index in [1.165, 1.54) is 12.1 Å². The molecule has 0 aliphatic carbocycles. The highest BCUT2D eigenvalue weighted by atomic mass is 35.5. The Morgan fingerprint density at radius 2 is 1.90 bits per heavy atom. The van der Waals surface area contributed by atoms with Gasteiger partial charge in [-0.15, -0.1) is 0 Å². The van der Waals surface area contributed by atoms with Crippen molar-refractivity contribution < 1.29 is 9.90 Å². The highest BCUT2D eigenvalue weighted by molar-refractivity contribution is 6.32. The van der Waals surface area contributed by atoms with E-state index in [1.54, 1.807) is 0 Å². The van der Waals surface area contributed by atoms with E-state index in [1.807, 2.05) is 55.5 Å². The normalized spacial score (nSPS) is 11.8. The summed E-state index contributed by atoms with van der Waals surface area (Å²) in [7, 11) is 0. The number of aldehydes is 1. The predicted octanol–water partition coefficient (Wildman–Crippen LogP) is 4.87. The van der Waals surface area contributed by atoms with Crippen LogP contribution in [0.2, 0.25) is 5.02 Å². The van der Waals surface area contributed by atoms with Crippen LogP contribution in [0.3, 0.4) is 0 Å². The molecule has 0 spiro atoms. The van der Waals surface area contributed by atoms with E-state index in [2.05, 4.69) is 0 Å². The summed E-state index contributed by atoms with van der Waals surface area (Å²) in [5, 5.41) is 10.0. The van der Waals surface area contributed by atoms with Crippen LogP contribution in [-0.4, -0.2) is 11.4 Å².